The molecule has 4 nitrogen and oxygen atoms in total. The van der Waals surface area contributed by atoms with E-state index in [1.807, 2.05) is 54.0 Å². The smallest absolute Gasteiger partial charge is 0.228 e. The number of thiophene rings is 1. The Morgan fingerprint density at radius 1 is 1.04 bits per heavy atom. The summed E-state index contributed by atoms with van der Waals surface area (Å²) in [6.45, 7) is 2.19. The van der Waals surface area contributed by atoms with Crippen LogP contribution in [0.25, 0.3) is 9.88 Å². The molecular weight excluding hydrogens is 362 g/mol. The quantitative estimate of drug-likeness (QED) is 0.588. The Morgan fingerprint density at radius 3 is 2.54 bits per heavy atom. The maximum atomic E-state index is 12.9. The number of hydrogen-bond donors (Lipinski definition) is 0. The molecule has 0 aliphatic carbocycles. The summed E-state index contributed by atoms with van der Waals surface area (Å²) >= 11 is 3.28. The predicted molar refractivity (Wildman–Crippen MR) is 110 cm³/mol. The fourth-order valence-electron chi connectivity index (χ4n) is 2.58. The molecule has 0 atom stereocenters. The lowest BCUT2D eigenvalue weighted by Gasteiger charge is -2.24. The number of likely N-dealkylation sites (N-methyl/N-ethyl adjacent to an activating group) is 1. The van der Waals surface area contributed by atoms with E-state index >= 15 is 0 Å². The van der Waals surface area contributed by atoms with E-state index in [1.165, 1.54) is 0 Å². The van der Waals surface area contributed by atoms with Gasteiger partial charge in [0.2, 0.25) is 5.91 Å². The van der Waals surface area contributed by atoms with Crippen molar-refractivity contribution >= 4 is 28.6 Å². The van der Waals surface area contributed by atoms with Crippen LogP contribution in [0.15, 0.2) is 53.2 Å². The molecule has 0 aliphatic rings. The Kier molecular flexibility index (Phi) is 6.55. The summed E-state index contributed by atoms with van der Waals surface area (Å²) in [5.74, 6) is 0.124. The lowest BCUT2D eigenvalue weighted by Crippen LogP contribution is -2.37. The first-order valence-corrected chi connectivity index (χ1v) is 10.3. The minimum atomic E-state index is 0.124. The van der Waals surface area contributed by atoms with Crippen molar-refractivity contribution in [1.82, 2.24) is 14.8 Å². The second kappa shape index (κ2) is 9.07. The van der Waals surface area contributed by atoms with Crippen LogP contribution in [0.3, 0.4) is 0 Å². The number of amides is 1. The van der Waals surface area contributed by atoms with Gasteiger partial charge in [0, 0.05) is 25.0 Å². The van der Waals surface area contributed by atoms with Gasteiger partial charge < -0.3 is 9.80 Å². The minimum absolute atomic E-state index is 0.124. The van der Waals surface area contributed by atoms with Crippen LogP contribution in [0.5, 0.6) is 0 Å². The summed E-state index contributed by atoms with van der Waals surface area (Å²) in [5.41, 5.74) is 2.00. The zero-order valence-electron chi connectivity index (χ0n) is 15.1. The van der Waals surface area contributed by atoms with Crippen molar-refractivity contribution in [3.05, 3.63) is 64.5 Å². The highest BCUT2D eigenvalue weighted by molar-refractivity contribution is 7.20. The first-order valence-electron chi connectivity index (χ1n) is 8.56. The molecule has 0 fully saturated rings. The first-order chi connectivity index (χ1) is 12.6. The molecular formula is C20H23N3OS2. The monoisotopic (exact) mass is 385 g/mol. The summed E-state index contributed by atoms with van der Waals surface area (Å²) < 4.78 is 0. The Bertz CT molecular complexity index is 813. The van der Waals surface area contributed by atoms with Crippen molar-refractivity contribution in [1.29, 1.82) is 0 Å². The first kappa shape index (κ1) is 18.8. The van der Waals surface area contributed by atoms with Gasteiger partial charge in [-0.1, -0.05) is 36.4 Å². The number of hydrogen-bond acceptors (Lipinski definition) is 5. The van der Waals surface area contributed by atoms with Crippen LogP contribution in [0.2, 0.25) is 0 Å². The standard InChI is InChI=1S/C20H23N3OS2/c1-22(2)10-11-23(14-16-7-4-3-5-8-16)19(24)13-17-15-26-20(21-17)18-9-6-12-25-18/h3-9,12,15H,10-11,13-14H2,1-2H3. The summed E-state index contributed by atoms with van der Waals surface area (Å²) in [4.78, 5) is 22.7. The molecule has 0 unspecified atom stereocenters. The number of nitrogens with zero attached hydrogens (tertiary/aromatic N) is 3. The van der Waals surface area contributed by atoms with Crippen LogP contribution < -0.4 is 0 Å². The zero-order valence-corrected chi connectivity index (χ0v) is 16.7. The molecule has 3 aromatic rings. The highest BCUT2D eigenvalue weighted by atomic mass is 32.1. The van der Waals surface area contributed by atoms with Gasteiger partial charge >= 0.3 is 0 Å². The second-order valence-electron chi connectivity index (χ2n) is 6.40. The number of carbonyl (C=O) groups excluding carboxylic acids is 1. The van der Waals surface area contributed by atoms with Gasteiger partial charge in [-0.2, -0.15) is 0 Å². The Hall–Kier alpha value is -2.02. The van der Waals surface area contributed by atoms with Crippen LogP contribution in [0.4, 0.5) is 0 Å². The number of carbonyl (C=O) groups is 1. The van der Waals surface area contributed by atoms with E-state index in [0.29, 0.717) is 19.5 Å². The van der Waals surface area contributed by atoms with Gasteiger partial charge in [-0.05, 0) is 31.1 Å². The fourth-order valence-corrected chi connectivity index (χ4v) is 4.22. The van der Waals surface area contributed by atoms with E-state index in [9.17, 15) is 4.79 Å². The van der Waals surface area contributed by atoms with E-state index in [1.54, 1.807) is 22.7 Å². The average molecular weight is 386 g/mol. The molecule has 0 bridgehead atoms. The van der Waals surface area contributed by atoms with Gasteiger partial charge in [-0.15, -0.1) is 22.7 Å². The Labute approximate surface area is 162 Å². The largest absolute Gasteiger partial charge is 0.337 e. The van der Waals surface area contributed by atoms with Crippen molar-refractivity contribution in [2.45, 2.75) is 13.0 Å². The van der Waals surface area contributed by atoms with Crippen LogP contribution in [-0.2, 0) is 17.8 Å². The van der Waals surface area contributed by atoms with Crippen LogP contribution >= 0.6 is 22.7 Å². The van der Waals surface area contributed by atoms with Gasteiger partial charge in [-0.25, -0.2) is 4.98 Å². The molecule has 0 N–H and O–H groups in total. The molecule has 0 saturated carbocycles. The van der Waals surface area contributed by atoms with Crippen molar-refractivity contribution in [3.8, 4) is 9.88 Å². The molecule has 26 heavy (non-hydrogen) atoms. The molecule has 6 heteroatoms. The van der Waals surface area contributed by atoms with Gasteiger partial charge in [0.15, 0.2) is 0 Å². The number of thiazole rings is 1. The third-order valence-corrected chi connectivity index (χ3v) is 5.93. The Morgan fingerprint density at radius 2 is 1.85 bits per heavy atom. The van der Waals surface area contributed by atoms with E-state index in [2.05, 4.69) is 28.1 Å². The molecule has 0 spiro atoms. The minimum Gasteiger partial charge on any atom is -0.337 e. The lowest BCUT2D eigenvalue weighted by molar-refractivity contribution is -0.131. The summed E-state index contributed by atoms with van der Waals surface area (Å²) in [7, 11) is 4.05. The summed E-state index contributed by atoms with van der Waals surface area (Å²) in [6.07, 6.45) is 0.349. The normalized spacial score (nSPS) is 11.0. The van der Waals surface area contributed by atoms with E-state index in [-0.39, 0.29) is 5.91 Å². The highest BCUT2D eigenvalue weighted by Crippen LogP contribution is 2.28. The van der Waals surface area contributed by atoms with Crippen molar-refractivity contribution < 1.29 is 4.79 Å². The van der Waals surface area contributed by atoms with Crippen molar-refractivity contribution in [3.63, 3.8) is 0 Å². The maximum Gasteiger partial charge on any atom is 0.228 e. The topological polar surface area (TPSA) is 36.4 Å². The van der Waals surface area contributed by atoms with Crippen molar-refractivity contribution in [2.75, 3.05) is 27.2 Å². The molecule has 0 saturated heterocycles. The van der Waals surface area contributed by atoms with Gasteiger partial charge in [0.05, 0.1) is 17.0 Å². The number of rotatable bonds is 8. The predicted octanol–water partition coefficient (Wildman–Crippen LogP) is 4.00. The van der Waals surface area contributed by atoms with Crippen LogP contribution in [-0.4, -0.2) is 47.9 Å². The highest BCUT2D eigenvalue weighted by Gasteiger charge is 2.17. The number of benzene rings is 1. The molecule has 2 heterocycles. The van der Waals surface area contributed by atoms with Crippen LogP contribution in [0, 0.1) is 0 Å². The lowest BCUT2D eigenvalue weighted by atomic mass is 10.2. The molecule has 136 valence electrons. The summed E-state index contributed by atoms with van der Waals surface area (Å²) in [5, 5.41) is 5.04. The van der Waals surface area contributed by atoms with E-state index in [4.69, 9.17) is 0 Å². The number of aromatic nitrogens is 1. The molecule has 0 aliphatic heterocycles. The third kappa shape index (κ3) is 5.24. The SMILES string of the molecule is CN(C)CCN(Cc1ccccc1)C(=O)Cc1csc(-c2cccs2)n1. The van der Waals surface area contributed by atoms with Crippen LogP contribution in [0.1, 0.15) is 11.3 Å². The Balaban J connectivity index is 1.68. The fraction of sp³-hybridized carbons (Fsp3) is 0.300. The van der Waals surface area contributed by atoms with Gasteiger partial charge in [0.25, 0.3) is 0 Å². The molecule has 0 radical (unpaired) electrons. The molecule has 3 rings (SSSR count). The molecule has 2 aromatic heterocycles. The van der Waals surface area contributed by atoms with Gasteiger partial charge in [0.1, 0.15) is 5.01 Å². The molecule has 1 aromatic carbocycles. The molecule has 1 amide bonds. The third-order valence-electron chi connectivity index (χ3n) is 4.00. The van der Waals surface area contributed by atoms with Crippen molar-refractivity contribution in [2.24, 2.45) is 0 Å². The average Bonchev–Trinajstić information content (AvgIpc) is 3.30. The van der Waals surface area contributed by atoms with E-state index in [0.717, 1.165) is 27.7 Å². The van der Waals surface area contributed by atoms with Gasteiger partial charge in [-0.3, -0.25) is 4.79 Å². The van der Waals surface area contributed by atoms with E-state index < -0.39 is 0 Å². The maximum absolute atomic E-state index is 12.9. The second-order valence-corrected chi connectivity index (χ2v) is 8.21. The summed E-state index contributed by atoms with van der Waals surface area (Å²) in [6, 6.07) is 14.2. The zero-order chi connectivity index (χ0) is 18.4.